The van der Waals surface area contributed by atoms with E-state index in [4.69, 9.17) is 0 Å². The minimum Gasteiger partial charge on any atom is -0.299 e. The molecule has 0 saturated carbocycles. The monoisotopic (exact) mass is 320 g/mol. The molecule has 0 spiro atoms. The molecular weight excluding hydrogens is 296 g/mol. The summed E-state index contributed by atoms with van der Waals surface area (Å²) in [6.45, 7) is 8.07. The molecule has 2 nitrogen and oxygen atoms in total. The number of Topliss-reactive ketones (excluding diaryl/α,β-unsaturated/α-hetero) is 2. The maximum Gasteiger partial charge on any atom is 0.152 e. The summed E-state index contributed by atoms with van der Waals surface area (Å²) >= 11 is 0. The highest BCUT2D eigenvalue weighted by Crippen LogP contribution is 2.45. The summed E-state index contributed by atoms with van der Waals surface area (Å²) in [5, 5.41) is 0. The largest absolute Gasteiger partial charge is 0.299 e. The molecule has 2 aliphatic carbocycles. The van der Waals surface area contributed by atoms with Gasteiger partial charge in [0.05, 0.1) is 0 Å². The fourth-order valence-corrected chi connectivity index (χ4v) is 3.99. The van der Waals surface area contributed by atoms with Crippen LogP contribution >= 0.6 is 0 Å². The Kier molecular flexibility index (Phi) is 3.95. The molecule has 0 amide bonds. The van der Waals surface area contributed by atoms with E-state index >= 15 is 0 Å². The zero-order chi connectivity index (χ0) is 17.5. The summed E-state index contributed by atoms with van der Waals surface area (Å²) in [5.74, 6) is 0.674. The van der Waals surface area contributed by atoms with E-state index in [1.807, 2.05) is 64.1 Å². The van der Waals surface area contributed by atoms with Gasteiger partial charge in [0.2, 0.25) is 0 Å². The van der Waals surface area contributed by atoms with Crippen LogP contribution in [-0.4, -0.2) is 11.6 Å². The number of hydrogen-bond donors (Lipinski definition) is 0. The maximum absolute atomic E-state index is 12.2. The van der Waals surface area contributed by atoms with E-state index in [1.54, 1.807) is 0 Å². The lowest BCUT2D eigenvalue weighted by Crippen LogP contribution is -2.33. The lowest BCUT2D eigenvalue weighted by atomic mass is 9.80. The van der Waals surface area contributed by atoms with Gasteiger partial charge in [0.1, 0.15) is 5.78 Å². The Morgan fingerprint density at radius 1 is 0.667 bits per heavy atom. The van der Waals surface area contributed by atoms with Gasteiger partial charge in [0.25, 0.3) is 0 Å². The molecule has 4 rings (SSSR count). The highest BCUT2D eigenvalue weighted by atomic mass is 16.1. The number of fused-ring (bicyclic) bond motifs is 2. The van der Waals surface area contributed by atoms with Gasteiger partial charge in [-0.15, -0.1) is 0 Å². The zero-order valence-corrected chi connectivity index (χ0v) is 14.8. The van der Waals surface area contributed by atoms with Crippen LogP contribution in [0.3, 0.4) is 0 Å². The van der Waals surface area contributed by atoms with Crippen LogP contribution in [0.1, 0.15) is 49.9 Å². The average Bonchev–Trinajstić information content (AvgIpc) is 2.99. The van der Waals surface area contributed by atoms with Crippen LogP contribution in [0.2, 0.25) is 0 Å². The molecule has 0 unspecified atom stereocenters. The first-order valence-corrected chi connectivity index (χ1v) is 8.48. The van der Waals surface area contributed by atoms with Crippen LogP contribution in [0.15, 0.2) is 48.5 Å². The van der Waals surface area contributed by atoms with Crippen molar-refractivity contribution >= 4 is 11.6 Å². The molecule has 0 bridgehead atoms. The Hall–Kier alpha value is -2.22. The Morgan fingerprint density at radius 3 is 1.46 bits per heavy atom. The van der Waals surface area contributed by atoms with Gasteiger partial charge in [-0.05, 0) is 49.9 Å². The number of rotatable bonds is 0. The van der Waals surface area contributed by atoms with Crippen molar-refractivity contribution in [2.45, 2.75) is 51.4 Å². The van der Waals surface area contributed by atoms with E-state index in [9.17, 15) is 9.59 Å². The molecule has 0 atom stereocenters. The summed E-state index contributed by atoms with van der Waals surface area (Å²) in [5.41, 5.74) is 4.17. The molecule has 0 saturated heterocycles. The van der Waals surface area contributed by atoms with Crippen molar-refractivity contribution in [3.63, 3.8) is 0 Å². The van der Waals surface area contributed by atoms with Gasteiger partial charge in [-0.1, -0.05) is 48.5 Å². The van der Waals surface area contributed by atoms with E-state index < -0.39 is 0 Å². The lowest BCUT2D eigenvalue weighted by molar-refractivity contribution is -0.126. The van der Waals surface area contributed by atoms with Crippen molar-refractivity contribution in [3.8, 4) is 0 Å². The van der Waals surface area contributed by atoms with Crippen molar-refractivity contribution in [3.05, 3.63) is 70.8 Å². The molecule has 0 aromatic heterocycles. The van der Waals surface area contributed by atoms with E-state index in [-0.39, 0.29) is 10.8 Å². The van der Waals surface area contributed by atoms with E-state index in [0.717, 1.165) is 0 Å². The van der Waals surface area contributed by atoms with Crippen LogP contribution < -0.4 is 0 Å². The fourth-order valence-electron chi connectivity index (χ4n) is 3.99. The van der Waals surface area contributed by atoms with Gasteiger partial charge in [0.15, 0.2) is 5.78 Å². The van der Waals surface area contributed by atoms with Crippen LogP contribution in [-0.2, 0) is 33.3 Å². The van der Waals surface area contributed by atoms with Gasteiger partial charge in [-0.2, -0.15) is 0 Å². The molecule has 0 radical (unpaired) electrons. The van der Waals surface area contributed by atoms with Crippen molar-refractivity contribution in [2.75, 3.05) is 0 Å². The zero-order valence-electron chi connectivity index (χ0n) is 14.8. The second kappa shape index (κ2) is 5.70. The summed E-state index contributed by atoms with van der Waals surface area (Å²) in [7, 11) is 0. The molecule has 2 aromatic carbocycles. The molecule has 0 N–H and O–H groups in total. The number of ketones is 2. The summed E-state index contributed by atoms with van der Waals surface area (Å²) < 4.78 is 0. The Labute approximate surface area is 143 Å². The summed E-state index contributed by atoms with van der Waals surface area (Å²) in [6, 6.07) is 16.2. The van der Waals surface area contributed by atoms with Gasteiger partial charge in [-0.3, -0.25) is 9.59 Å². The van der Waals surface area contributed by atoms with Crippen molar-refractivity contribution in [2.24, 2.45) is 0 Å². The minimum atomic E-state index is -0.319. The average molecular weight is 320 g/mol. The summed E-state index contributed by atoms with van der Waals surface area (Å²) in [4.78, 5) is 23.1. The van der Waals surface area contributed by atoms with Crippen LogP contribution in [0, 0.1) is 0 Å². The Bertz CT molecular complexity index is 748. The third kappa shape index (κ3) is 2.60. The van der Waals surface area contributed by atoms with Gasteiger partial charge < -0.3 is 0 Å². The maximum atomic E-state index is 12.2. The number of carbonyl (C=O) groups is 2. The predicted molar refractivity (Wildman–Crippen MR) is 96.4 cm³/mol. The highest BCUT2D eigenvalue weighted by molar-refractivity contribution is 6.02. The third-order valence-corrected chi connectivity index (χ3v) is 5.30. The first-order chi connectivity index (χ1) is 11.2. The van der Waals surface area contributed by atoms with Crippen LogP contribution in [0.4, 0.5) is 0 Å². The fraction of sp³-hybridized carbons (Fsp3) is 0.364. The SMILES string of the molecule is CC1(C)C(=O)C(C)(C)c2ccccc21.O=C1Cc2ccccc2C1. The first kappa shape index (κ1) is 16.6. The molecule has 2 heteroatoms. The minimum absolute atomic E-state index is 0.319. The number of carbonyl (C=O) groups excluding carboxylic acids is 2. The second-order valence-corrected chi connectivity index (χ2v) is 7.79. The van der Waals surface area contributed by atoms with Gasteiger partial charge >= 0.3 is 0 Å². The predicted octanol–water partition coefficient (Wildman–Crippen LogP) is 4.18. The van der Waals surface area contributed by atoms with Crippen molar-refractivity contribution < 1.29 is 9.59 Å². The van der Waals surface area contributed by atoms with Crippen LogP contribution in [0.25, 0.3) is 0 Å². The quantitative estimate of drug-likeness (QED) is 0.730. The number of hydrogen-bond acceptors (Lipinski definition) is 2. The highest BCUT2D eigenvalue weighted by Gasteiger charge is 2.49. The molecule has 2 aliphatic rings. The van der Waals surface area contributed by atoms with Gasteiger partial charge in [0, 0.05) is 23.7 Å². The Morgan fingerprint density at radius 2 is 1.04 bits per heavy atom. The van der Waals surface area contributed by atoms with E-state index in [1.165, 1.54) is 22.3 Å². The molecule has 0 aliphatic heterocycles. The molecule has 0 fully saturated rings. The first-order valence-electron chi connectivity index (χ1n) is 8.48. The lowest BCUT2D eigenvalue weighted by Gasteiger charge is -2.21. The standard InChI is InChI=1S/C13H16O.C9H8O/c1-12(2)9-7-5-6-8-10(9)13(3,4)11(12)14;10-9-5-7-3-1-2-4-8(7)6-9/h5-8H,1-4H3;1-4H,5-6H2. The van der Waals surface area contributed by atoms with E-state index in [2.05, 4.69) is 12.1 Å². The number of benzene rings is 2. The smallest absolute Gasteiger partial charge is 0.152 e. The summed E-state index contributed by atoms with van der Waals surface area (Å²) in [6.07, 6.45) is 1.30. The molecule has 2 aromatic rings. The Balaban J connectivity index is 0.000000149. The molecule has 24 heavy (non-hydrogen) atoms. The van der Waals surface area contributed by atoms with E-state index in [0.29, 0.717) is 24.4 Å². The second-order valence-electron chi connectivity index (χ2n) is 7.79. The van der Waals surface area contributed by atoms with Crippen molar-refractivity contribution in [1.29, 1.82) is 0 Å². The normalized spacial score (nSPS) is 19.3. The third-order valence-electron chi connectivity index (χ3n) is 5.30. The van der Waals surface area contributed by atoms with Crippen LogP contribution in [0.5, 0.6) is 0 Å². The van der Waals surface area contributed by atoms with Crippen molar-refractivity contribution in [1.82, 2.24) is 0 Å². The van der Waals surface area contributed by atoms with Gasteiger partial charge in [-0.25, -0.2) is 0 Å². The molecule has 0 heterocycles. The molecule has 124 valence electrons. The topological polar surface area (TPSA) is 34.1 Å². The molecular formula is C22H24O2.